The van der Waals surface area contributed by atoms with Gasteiger partial charge in [-0.15, -0.1) is 0 Å². The van der Waals surface area contributed by atoms with Crippen LogP contribution >= 0.6 is 0 Å². The van der Waals surface area contributed by atoms with Gasteiger partial charge >= 0.3 is 0 Å². The molecule has 0 radical (unpaired) electrons. The van der Waals surface area contributed by atoms with Gasteiger partial charge in [-0.25, -0.2) is 0 Å². The third-order valence-corrected chi connectivity index (χ3v) is 3.23. The summed E-state index contributed by atoms with van der Waals surface area (Å²) in [6, 6.07) is 3.52. The van der Waals surface area contributed by atoms with Crippen molar-refractivity contribution in [2.24, 2.45) is 0 Å². The molecule has 21 heavy (non-hydrogen) atoms. The molecule has 0 saturated carbocycles. The first-order chi connectivity index (χ1) is 10.1. The second-order valence-corrected chi connectivity index (χ2v) is 4.54. The van der Waals surface area contributed by atoms with E-state index in [-0.39, 0.29) is 5.91 Å². The number of hydrogen-bond acceptors (Lipinski definition) is 5. The molecular weight excluding hydrogens is 272 g/mol. The SMILES string of the molecule is CNCCCC(=O)N(C)c1cc(OC)c(OC)c(OC)c1. The van der Waals surface area contributed by atoms with Gasteiger partial charge in [0.15, 0.2) is 11.5 Å². The van der Waals surface area contributed by atoms with Crippen LogP contribution < -0.4 is 24.4 Å². The Morgan fingerprint density at radius 3 is 2.14 bits per heavy atom. The van der Waals surface area contributed by atoms with Crippen LogP contribution in [0.25, 0.3) is 0 Å². The molecule has 0 heterocycles. The van der Waals surface area contributed by atoms with Crippen molar-refractivity contribution in [3.8, 4) is 17.2 Å². The van der Waals surface area contributed by atoms with Gasteiger partial charge in [0.05, 0.1) is 27.0 Å². The van der Waals surface area contributed by atoms with E-state index in [1.54, 1.807) is 45.4 Å². The Morgan fingerprint density at radius 1 is 1.14 bits per heavy atom. The molecule has 0 bridgehead atoms. The van der Waals surface area contributed by atoms with Crippen molar-refractivity contribution in [2.45, 2.75) is 12.8 Å². The number of benzene rings is 1. The van der Waals surface area contributed by atoms with Gasteiger partial charge in [0.25, 0.3) is 0 Å². The van der Waals surface area contributed by atoms with E-state index in [2.05, 4.69) is 5.32 Å². The van der Waals surface area contributed by atoms with Crippen LogP contribution in [0, 0.1) is 0 Å². The summed E-state index contributed by atoms with van der Waals surface area (Å²) in [4.78, 5) is 13.8. The van der Waals surface area contributed by atoms with Crippen molar-refractivity contribution in [1.82, 2.24) is 5.32 Å². The molecule has 0 fully saturated rings. The van der Waals surface area contributed by atoms with Crippen LogP contribution in [0.3, 0.4) is 0 Å². The molecule has 0 aliphatic rings. The molecule has 6 heteroatoms. The minimum absolute atomic E-state index is 0.0412. The van der Waals surface area contributed by atoms with Crippen LogP contribution in [0.4, 0.5) is 5.69 Å². The fraction of sp³-hybridized carbons (Fsp3) is 0.533. The molecule has 0 aliphatic heterocycles. The quantitative estimate of drug-likeness (QED) is 0.740. The van der Waals surface area contributed by atoms with Crippen molar-refractivity contribution in [3.63, 3.8) is 0 Å². The molecule has 1 aromatic rings. The molecule has 1 aromatic carbocycles. The summed E-state index contributed by atoms with van der Waals surface area (Å²) in [5.41, 5.74) is 0.707. The summed E-state index contributed by atoms with van der Waals surface area (Å²) in [6.45, 7) is 0.814. The highest BCUT2D eigenvalue weighted by molar-refractivity contribution is 5.93. The van der Waals surface area contributed by atoms with E-state index in [0.717, 1.165) is 13.0 Å². The summed E-state index contributed by atoms with van der Waals surface area (Å²) in [5, 5.41) is 3.03. The minimum Gasteiger partial charge on any atom is -0.493 e. The average molecular weight is 296 g/mol. The molecule has 1 N–H and O–H groups in total. The lowest BCUT2D eigenvalue weighted by Crippen LogP contribution is -2.26. The number of ether oxygens (including phenoxy) is 3. The maximum atomic E-state index is 12.2. The first kappa shape index (κ1) is 17.1. The molecule has 118 valence electrons. The maximum Gasteiger partial charge on any atom is 0.226 e. The first-order valence-corrected chi connectivity index (χ1v) is 6.80. The predicted octanol–water partition coefficient (Wildman–Crippen LogP) is 1.67. The van der Waals surface area contributed by atoms with Gasteiger partial charge in [0.2, 0.25) is 11.7 Å². The molecule has 0 aliphatic carbocycles. The number of carbonyl (C=O) groups is 1. The molecule has 1 amide bonds. The van der Waals surface area contributed by atoms with E-state index in [9.17, 15) is 4.79 Å². The summed E-state index contributed by atoms with van der Waals surface area (Å²) in [6.07, 6.45) is 1.28. The highest BCUT2D eigenvalue weighted by Crippen LogP contribution is 2.40. The second-order valence-electron chi connectivity index (χ2n) is 4.54. The zero-order valence-electron chi connectivity index (χ0n) is 13.4. The Kier molecular flexibility index (Phi) is 6.81. The number of amides is 1. The van der Waals surface area contributed by atoms with E-state index in [4.69, 9.17) is 14.2 Å². The van der Waals surface area contributed by atoms with Gasteiger partial charge in [-0.1, -0.05) is 0 Å². The number of anilines is 1. The average Bonchev–Trinajstić information content (AvgIpc) is 2.52. The van der Waals surface area contributed by atoms with Crippen LogP contribution in [-0.2, 0) is 4.79 Å². The normalized spacial score (nSPS) is 10.1. The Balaban J connectivity index is 2.98. The van der Waals surface area contributed by atoms with Gasteiger partial charge < -0.3 is 24.4 Å². The van der Waals surface area contributed by atoms with Crippen molar-refractivity contribution in [1.29, 1.82) is 0 Å². The smallest absolute Gasteiger partial charge is 0.226 e. The molecule has 0 atom stereocenters. The lowest BCUT2D eigenvalue weighted by Gasteiger charge is -2.20. The van der Waals surface area contributed by atoms with Crippen molar-refractivity contribution in [3.05, 3.63) is 12.1 Å². The highest BCUT2D eigenvalue weighted by Gasteiger charge is 2.18. The Hall–Kier alpha value is -1.95. The Labute approximate surface area is 126 Å². The third kappa shape index (κ3) is 4.26. The fourth-order valence-corrected chi connectivity index (χ4v) is 1.99. The maximum absolute atomic E-state index is 12.2. The molecule has 0 saturated heterocycles. The third-order valence-electron chi connectivity index (χ3n) is 3.23. The van der Waals surface area contributed by atoms with E-state index >= 15 is 0 Å². The van der Waals surface area contributed by atoms with Crippen molar-refractivity contribution in [2.75, 3.05) is 46.9 Å². The number of rotatable bonds is 8. The van der Waals surface area contributed by atoms with Crippen LogP contribution in [0.15, 0.2) is 12.1 Å². The standard InChI is InChI=1S/C15H24N2O4/c1-16-8-6-7-14(18)17(2)11-9-12(19-3)15(21-5)13(10-11)20-4/h9-10,16H,6-8H2,1-5H3. The predicted molar refractivity (Wildman–Crippen MR) is 82.7 cm³/mol. The van der Waals surface area contributed by atoms with Crippen LogP contribution in [0.5, 0.6) is 17.2 Å². The zero-order chi connectivity index (χ0) is 15.8. The summed E-state index contributed by atoms with van der Waals surface area (Å²) in [7, 11) is 8.26. The Bertz CT molecular complexity index is 452. The fourth-order valence-electron chi connectivity index (χ4n) is 1.99. The second kappa shape index (κ2) is 8.36. The largest absolute Gasteiger partial charge is 0.493 e. The summed E-state index contributed by atoms with van der Waals surface area (Å²) >= 11 is 0. The lowest BCUT2D eigenvalue weighted by atomic mass is 10.2. The molecule has 1 rings (SSSR count). The summed E-state index contributed by atoms with van der Waals surface area (Å²) < 4.78 is 15.9. The number of nitrogens with zero attached hydrogens (tertiary/aromatic N) is 1. The highest BCUT2D eigenvalue weighted by atomic mass is 16.5. The molecule has 0 aromatic heterocycles. The molecule has 6 nitrogen and oxygen atoms in total. The monoisotopic (exact) mass is 296 g/mol. The van der Waals surface area contributed by atoms with Crippen LogP contribution in [0.1, 0.15) is 12.8 Å². The Morgan fingerprint density at radius 2 is 1.71 bits per heavy atom. The zero-order valence-corrected chi connectivity index (χ0v) is 13.4. The molecule has 0 spiro atoms. The number of methoxy groups -OCH3 is 3. The van der Waals surface area contributed by atoms with Crippen LogP contribution in [-0.4, -0.2) is 47.9 Å². The van der Waals surface area contributed by atoms with Gasteiger partial charge in [-0.05, 0) is 20.0 Å². The van der Waals surface area contributed by atoms with Gasteiger partial charge in [-0.3, -0.25) is 4.79 Å². The first-order valence-electron chi connectivity index (χ1n) is 6.80. The molecule has 0 unspecified atom stereocenters. The van der Waals surface area contributed by atoms with Crippen molar-refractivity contribution >= 4 is 11.6 Å². The topological polar surface area (TPSA) is 60.0 Å². The van der Waals surface area contributed by atoms with Gasteiger partial charge in [-0.2, -0.15) is 0 Å². The van der Waals surface area contributed by atoms with Crippen molar-refractivity contribution < 1.29 is 19.0 Å². The molecular formula is C15H24N2O4. The summed E-state index contributed by atoms with van der Waals surface area (Å²) in [5.74, 6) is 1.61. The van der Waals surface area contributed by atoms with E-state index in [1.165, 1.54) is 0 Å². The number of nitrogens with one attached hydrogen (secondary N) is 1. The van der Waals surface area contributed by atoms with Crippen LogP contribution in [0.2, 0.25) is 0 Å². The number of carbonyl (C=O) groups excluding carboxylic acids is 1. The van der Waals surface area contributed by atoms with Gasteiger partial charge in [0.1, 0.15) is 0 Å². The lowest BCUT2D eigenvalue weighted by molar-refractivity contribution is -0.118. The van der Waals surface area contributed by atoms with Gasteiger partial charge in [0, 0.05) is 25.6 Å². The van der Waals surface area contributed by atoms with E-state index in [0.29, 0.717) is 29.4 Å². The minimum atomic E-state index is 0.0412. The van der Waals surface area contributed by atoms with E-state index in [1.807, 2.05) is 7.05 Å². The van der Waals surface area contributed by atoms with E-state index < -0.39 is 0 Å². The number of hydrogen-bond donors (Lipinski definition) is 1.